The molecule has 1 atom stereocenters. The van der Waals surface area contributed by atoms with Gasteiger partial charge in [0.1, 0.15) is 6.04 Å². The number of rotatable bonds is 6. The van der Waals surface area contributed by atoms with Gasteiger partial charge in [-0.1, -0.05) is 0 Å². The zero-order chi connectivity index (χ0) is 18.6. The molecule has 0 aliphatic heterocycles. The monoisotopic (exact) mass is 357 g/mol. The number of amides is 1. The van der Waals surface area contributed by atoms with E-state index in [-0.39, 0.29) is 0 Å². The first kappa shape index (κ1) is 21.2. The summed E-state index contributed by atoms with van der Waals surface area (Å²) in [5.41, 5.74) is 0. The van der Waals surface area contributed by atoms with Gasteiger partial charge in [-0.3, -0.25) is 0 Å². The number of alkyl carbamates (subject to hydrolysis) is 1. The van der Waals surface area contributed by atoms with Crippen LogP contribution in [0.25, 0.3) is 0 Å². The van der Waals surface area contributed by atoms with Gasteiger partial charge in [-0.2, -0.15) is 30.7 Å². The van der Waals surface area contributed by atoms with E-state index in [9.17, 15) is 40.3 Å². The third-order valence-electron chi connectivity index (χ3n) is 2.39. The summed E-state index contributed by atoms with van der Waals surface area (Å²) in [4.78, 5) is 22.5. The number of nitrogens with one attached hydrogen (secondary N) is 1. The highest BCUT2D eigenvalue weighted by Gasteiger charge is 2.73. The van der Waals surface area contributed by atoms with Crippen LogP contribution in [0.2, 0.25) is 0 Å². The molecule has 5 nitrogen and oxygen atoms in total. The Morgan fingerprint density at radius 2 is 1.52 bits per heavy atom. The first-order valence-electron chi connectivity index (χ1n) is 6.03. The Kier molecular flexibility index (Phi) is 6.67. The highest BCUT2D eigenvalue weighted by molar-refractivity contribution is 5.81. The molecule has 0 bridgehead atoms. The smallest absolute Gasteiger partial charge is 0.459 e. The summed E-state index contributed by atoms with van der Waals surface area (Å²) in [5.74, 6) is -13.7. The zero-order valence-corrected chi connectivity index (χ0v) is 12.1. The van der Waals surface area contributed by atoms with Crippen LogP contribution < -0.4 is 5.32 Å². The molecule has 0 saturated carbocycles. The Bertz CT molecular complexity index is 437. The van der Waals surface area contributed by atoms with Crippen LogP contribution in [0.4, 0.5) is 35.5 Å². The van der Waals surface area contributed by atoms with Crippen molar-refractivity contribution in [2.75, 3.05) is 7.11 Å². The molecule has 0 aromatic heterocycles. The number of esters is 1. The van der Waals surface area contributed by atoms with Crippen LogP contribution in [0.1, 0.15) is 20.3 Å². The molecule has 12 heteroatoms. The summed E-state index contributed by atoms with van der Waals surface area (Å²) >= 11 is 0. The van der Waals surface area contributed by atoms with Crippen LogP contribution >= 0.6 is 0 Å². The number of hydrogen-bond acceptors (Lipinski definition) is 4. The Balaban J connectivity index is 5.42. The minimum atomic E-state index is -6.55. The number of methoxy groups -OCH3 is 1. The van der Waals surface area contributed by atoms with Crippen molar-refractivity contribution in [2.24, 2.45) is 0 Å². The number of hydrogen-bond donors (Lipinski definition) is 1. The molecule has 1 unspecified atom stereocenters. The summed E-state index contributed by atoms with van der Waals surface area (Å²) in [6.45, 7) is 2.55. The first-order valence-corrected chi connectivity index (χ1v) is 6.03. The number of carbonyl (C=O) groups excluding carboxylic acids is 2. The Hall–Kier alpha value is -1.75. The minimum Gasteiger partial charge on any atom is -0.461 e. The number of ether oxygens (including phenoxy) is 2. The Labute approximate surface area is 126 Å². The molecule has 0 spiro atoms. The standard InChI is InChI=1S/C11H14F7NO4/c1-5(2)23-7(20)6(19-8(21)22-3)4-9(12,13)10(14,15)11(16,17)18/h5-6H,4H2,1-3H3,(H,19,21). The van der Waals surface area contributed by atoms with Crippen molar-refractivity contribution < 1.29 is 49.8 Å². The summed E-state index contributed by atoms with van der Waals surface area (Å²) in [6, 6.07) is -2.46. The second-order valence-electron chi connectivity index (χ2n) is 4.65. The fourth-order valence-electron chi connectivity index (χ4n) is 1.30. The van der Waals surface area contributed by atoms with Gasteiger partial charge in [-0.05, 0) is 13.8 Å². The third kappa shape index (κ3) is 5.43. The molecule has 1 N–H and O–H groups in total. The molecular formula is C11H14F7NO4. The minimum absolute atomic E-state index is 0.767. The average Bonchev–Trinajstić information content (AvgIpc) is 2.34. The maximum atomic E-state index is 13.3. The lowest BCUT2D eigenvalue weighted by molar-refractivity contribution is -0.356. The van der Waals surface area contributed by atoms with Gasteiger partial charge >= 0.3 is 30.1 Å². The fourth-order valence-corrected chi connectivity index (χ4v) is 1.30. The SMILES string of the molecule is COC(=O)NC(CC(F)(F)C(F)(F)C(F)(F)F)C(=O)OC(C)C. The van der Waals surface area contributed by atoms with Gasteiger partial charge in [0.25, 0.3) is 0 Å². The molecule has 23 heavy (non-hydrogen) atoms. The van der Waals surface area contributed by atoms with Crippen molar-refractivity contribution in [1.82, 2.24) is 5.32 Å². The maximum Gasteiger partial charge on any atom is 0.459 e. The van der Waals surface area contributed by atoms with Gasteiger partial charge in [0.15, 0.2) is 0 Å². The van der Waals surface area contributed by atoms with E-state index < -0.39 is 48.7 Å². The van der Waals surface area contributed by atoms with E-state index in [1.807, 2.05) is 0 Å². The van der Waals surface area contributed by atoms with Crippen LogP contribution in [-0.4, -0.2) is 49.3 Å². The van der Waals surface area contributed by atoms with Gasteiger partial charge in [-0.25, -0.2) is 9.59 Å². The molecule has 0 aliphatic carbocycles. The van der Waals surface area contributed by atoms with Crippen LogP contribution in [0.15, 0.2) is 0 Å². The summed E-state index contributed by atoms with van der Waals surface area (Å²) in [6.07, 6.45) is -11.3. The van der Waals surface area contributed by atoms with Crippen molar-refractivity contribution in [2.45, 2.75) is 50.4 Å². The molecule has 0 saturated heterocycles. The van der Waals surface area contributed by atoms with E-state index in [1.165, 1.54) is 19.2 Å². The molecule has 0 aliphatic rings. The van der Waals surface area contributed by atoms with Crippen LogP contribution in [0.5, 0.6) is 0 Å². The molecule has 0 aromatic carbocycles. The summed E-state index contributed by atoms with van der Waals surface area (Å²) in [7, 11) is 0.767. The predicted molar refractivity (Wildman–Crippen MR) is 61.1 cm³/mol. The van der Waals surface area contributed by atoms with Crippen molar-refractivity contribution in [3.05, 3.63) is 0 Å². The Morgan fingerprint density at radius 1 is 1.04 bits per heavy atom. The van der Waals surface area contributed by atoms with E-state index in [0.717, 1.165) is 7.11 Å². The molecule has 136 valence electrons. The molecule has 0 heterocycles. The first-order chi connectivity index (χ1) is 10.2. The molecule has 1 amide bonds. The lowest BCUT2D eigenvalue weighted by Gasteiger charge is -2.30. The van der Waals surface area contributed by atoms with E-state index in [0.29, 0.717) is 0 Å². The second kappa shape index (κ2) is 7.21. The highest BCUT2D eigenvalue weighted by atomic mass is 19.4. The number of halogens is 7. The zero-order valence-electron chi connectivity index (χ0n) is 12.1. The average molecular weight is 357 g/mol. The van der Waals surface area contributed by atoms with Crippen LogP contribution in [0, 0.1) is 0 Å². The van der Waals surface area contributed by atoms with Crippen molar-refractivity contribution in [1.29, 1.82) is 0 Å². The van der Waals surface area contributed by atoms with Gasteiger partial charge in [0.05, 0.1) is 13.2 Å². The number of alkyl halides is 7. The maximum absolute atomic E-state index is 13.3. The van der Waals surface area contributed by atoms with E-state index in [1.54, 1.807) is 0 Å². The van der Waals surface area contributed by atoms with Gasteiger partial charge in [0.2, 0.25) is 0 Å². The normalized spacial score (nSPS) is 14.4. The fraction of sp³-hybridized carbons (Fsp3) is 0.818. The quantitative estimate of drug-likeness (QED) is 0.587. The van der Waals surface area contributed by atoms with Crippen molar-refractivity contribution >= 4 is 12.1 Å². The lowest BCUT2D eigenvalue weighted by Crippen LogP contribution is -2.56. The number of carbonyl (C=O) groups is 2. The predicted octanol–water partition coefficient (Wildman–Crippen LogP) is 2.89. The molecule has 0 fully saturated rings. The molecule has 0 radical (unpaired) electrons. The molecular weight excluding hydrogens is 343 g/mol. The molecule has 0 rings (SSSR count). The second-order valence-corrected chi connectivity index (χ2v) is 4.65. The Morgan fingerprint density at radius 3 is 1.87 bits per heavy atom. The van der Waals surface area contributed by atoms with Crippen LogP contribution in [-0.2, 0) is 14.3 Å². The summed E-state index contributed by atoms with van der Waals surface area (Å²) in [5, 5.41) is 1.44. The summed E-state index contributed by atoms with van der Waals surface area (Å²) < 4.78 is 97.0. The topological polar surface area (TPSA) is 64.6 Å². The third-order valence-corrected chi connectivity index (χ3v) is 2.39. The highest BCUT2D eigenvalue weighted by Crippen LogP contribution is 2.48. The van der Waals surface area contributed by atoms with Gasteiger partial charge < -0.3 is 14.8 Å². The van der Waals surface area contributed by atoms with E-state index >= 15 is 0 Å². The van der Waals surface area contributed by atoms with Crippen molar-refractivity contribution in [3.8, 4) is 0 Å². The van der Waals surface area contributed by atoms with E-state index in [2.05, 4.69) is 9.47 Å². The van der Waals surface area contributed by atoms with E-state index in [4.69, 9.17) is 0 Å². The largest absolute Gasteiger partial charge is 0.461 e. The van der Waals surface area contributed by atoms with Gasteiger partial charge in [0, 0.05) is 6.42 Å². The van der Waals surface area contributed by atoms with Crippen LogP contribution in [0.3, 0.4) is 0 Å². The van der Waals surface area contributed by atoms with Crippen molar-refractivity contribution in [3.63, 3.8) is 0 Å². The molecule has 0 aromatic rings. The van der Waals surface area contributed by atoms with Gasteiger partial charge in [-0.15, -0.1) is 0 Å². The lowest BCUT2D eigenvalue weighted by atomic mass is 10.0.